The van der Waals surface area contributed by atoms with E-state index in [-0.39, 0.29) is 20.1 Å². The Hall–Kier alpha value is -5.03. The summed E-state index contributed by atoms with van der Waals surface area (Å²) in [5.74, 6) is -0.648. The first kappa shape index (κ1) is 36.9. The smallest absolute Gasteiger partial charge is 0.0799 e. The molecule has 55 heavy (non-hydrogen) atoms. The van der Waals surface area contributed by atoms with E-state index >= 15 is 0 Å². The Kier molecular flexibility index (Phi) is 11.0. The van der Waals surface area contributed by atoms with E-state index in [0.29, 0.717) is 0 Å². The Morgan fingerprint density at radius 1 is 0.600 bits per heavy atom. The van der Waals surface area contributed by atoms with Crippen LogP contribution in [0.25, 0.3) is 75.7 Å². The molecular formula is C50H42IrN2SSi-2. The van der Waals surface area contributed by atoms with E-state index in [1.165, 1.54) is 47.4 Å². The Balaban J connectivity index is 0.000000170. The van der Waals surface area contributed by atoms with Gasteiger partial charge in [-0.25, -0.2) is 0 Å². The molecule has 3 aromatic heterocycles. The average molecular weight is 924 g/mol. The van der Waals surface area contributed by atoms with Gasteiger partial charge in [-0.3, -0.25) is 0 Å². The summed E-state index contributed by atoms with van der Waals surface area (Å²) in [6.07, 6.45) is 3.95. The van der Waals surface area contributed by atoms with Crippen molar-refractivity contribution in [1.82, 2.24) is 9.97 Å². The van der Waals surface area contributed by atoms with Crippen LogP contribution < -0.4 is 5.19 Å². The monoisotopic (exact) mass is 924 g/mol. The molecular weight excluding hydrogens is 881 g/mol. The van der Waals surface area contributed by atoms with E-state index in [9.17, 15) is 0 Å². The second kappa shape index (κ2) is 16.4. The van der Waals surface area contributed by atoms with Crippen molar-refractivity contribution < 1.29 is 21.5 Å². The maximum absolute atomic E-state index is 8.61. The SMILES string of the molecule is [2H]C(C)(C)c1cc(-c2[c-]ccc(-c3ccccc3)c2)ncc1[Si](C)(C)C.[Ir].[c-]1ccc2c(sc3cc(-c4ccccc4)ccc32)c1-c1cc2ccccc2cn1. The molecule has 0 atom stereocenters. The molecule has 0 saturated carbocycles. The minimum Gasteiger partial charge on any atom is -0.305 e. The van der Waals surface area contributed by atoms with Crippen molar-refractivity contribution in [3.8, 4) is 44.8 Å². The number of hydrogen-bond donors (Lipinski definition) is 0. The zero-order valence-corrected chi connectivity index (χ0v) is 35.9. The first-order valence-corrected chi connectivity index (χ1v) is 22.7. The zero-order chi connectivity index (χ0) is 38.2. The number of rotatable bonds is 6. The molecule has 9 aromatic rings. The fourth-order valence-corrected chi connectivity index (χ4v) is 9.83. The number of hydrogen-bond acceptors (Lipinski definition) is 3. The van der Waals surface area contributed by atoms with Crippen LogP contribution in [0.2, 0.25) is 19.6 Å². The fourth-order valence-electron chi connectivity index (χ4n) is 7.00. The van der Waals surface area contributed by atoms with Crippen molar-refractivity contribution >= 4 is 55.5 Å². The van der Waals surface area contributed by atoms with Crippen molar-refractivity contribution in [3.63, 3.8) is 0 Å². The molecule has 0 fully saturated rings. The fraction of sp³-hybridized carbons (Fsp3) is 0.120. The third kappa shape index (κ3) is 8.17. The van der Waals surface area contributed by atoms with Crippen molar-refractivity contribution in [2.24, 2.45) is 0 Å². The maximum atomic E-state index is 8.61. The third-order valence-corrected chi connectivity index (χ3v) is 13.1. The summed E-state index contributed by atoms with van der Waals surface area (Å²) >= 11 is 1.83. The molecule has 0 amide bonds. The van der Waals surface area contributed by atoms with Crippen LogP contribution >= 0.6 is 11.3 Å². The molecule has 3 heterocycles. The predicted octanol–water partition coefficient (Wildman–Crippen LogP) is 13.6. The molecule has 0 spiro atoms. The molecule has 0 unspecified atom stereocenters. The summed E-state index contributed by atoms with van der Waals surface area (Å²) in [6, 6.07) is 57.4. The number of fused-ring (bicyclic) bond motifs is 4. The molecule has 273 valence electrons. The van der Waals surface area contributed by atoms with Crippen LogP contribution in [-0.4, -0.2) is 18.0 Å². The van der Waals surface area contributed by atoms with Crippen molar-refractivity contribution in [2.75, 3.05) is 0 Å². The van der Waals surface area contributed by atoms with E-state index < -0.39 is 14.0 Å². The molecule has 0 aliphatic carbocycles. The van der Waals surface area contributed by atoms with Gasteiger partial charge in [0.05, 0.1) is 8.07 Å². The minimum atomic E-state index is -1.57. The quantitative estimate of drug-likeness (QED) is 0.123. The molecule has 6 aromatic carbocycles. The second-order valence-corrected chi connectivity index (χ2v) is 21.0. The van der Waals surface area contributed by atoms with Gasteiger partial charge in [-0.15, -0.1) is 59.2 Å². The van der Waals surface area contributed by atoms with Gasteiger partial charge in [-0.05, 0) is 66.1 Å². The van der Waals surface area contributed by atoms with Crippen LogP contribution in [-0.2, 0) is 20.1 Å². The Morgan fingerprint density at radius 2 is 1.24 bits per heavy atom. The molecule has 0 bridgehead atoms. The summed E-state index contributed by atoms with van der Waals surface area (Å²) in [7, 11) is -1.57. The van der Waals surface area contributed by atoms with Gasteiger partial charge in [-0.1, -0.05) is 154 Å². The Bertz CT molecular complexity index is 2790. The average Bonchev–Trinajstić information content (AvgIpc) is 3.59. The molecule has 2 nitrogen and oxygen atoms in total. The number of pyridine rings is 2. The van der Waals surface area contributed by atoms with Crippen molar-refractivity contribution in [2.45, 2.75) is 39.4 Å². The van der Waals surface area contributed by atoms with E-state index in [2.05, 4.69) is 141 Å². The van der Waals surface area contributed by atoms with Crippen molar-refractivity contribution in [3.05, 3.63) is 176 Å². The Morgan fingerprint density at radius 3 is 1.93 bits per heavy atom. The van der Waals surface area contributed by atoms with Gasteiger partial charge in [0.2, 0.25) is 0 Å². The molecule has 5 heteroatoms. The standard InChI is InChI=1S/C27H16NS.C23H26NSi.Ir/c1-2-7-18(8-3-1)20-13-14-22-23-11-6-12-24(27(23)29-26(22)16-20)25-15-19-9-4-5-10-21(19)17-28-25;1-17(2)21-15-22(24-16-23(21)25(3,4)5)20-13-9-12-19(14-20)18-10-7-6-8-11-18;/h1-11,13-17H;6-12,14-17H,1-5H3;/q2*-1;/i;17D;. The van der Waals surface area contributed by atoms with Crippen LogP contribution in [0.4, 0.5) is 0 Å². The molecule has 0 aliphatic rings. The molecule has 0 N–H and O–H groups in total. The van der Waals surface area contributed by atoms with Crippen LogP contribution in [0.1, 0.15) is 26.7 Å². The molecule has 0 aliphatic heterocycles. The number of aromatic nitrogens is 2. The van der Waals surface area contributed by atoms with Crippen LogP contribution in [0.5, 0.6) is 0 Å². The minimum absolute atomic E-state index is 0. The van der Waals surface area contributed by atoms with Gasteiger partial charge in [-0.2, -0.15) is 11.3 Å². The molecule has 0 saturated heterocycles. The number of nitrogens with zero attached hydrogens (tertiary/aromatic N) is 2. The van der Waals surface area contributed by atoms with Crippen LogP contribution in [0, 0.1) is 12.1 Å². The van der Waals surface area contributed by atoms with Gasteiger partial charge >= 0.3 is 0 Å². The number of thiophene rings is 1. The normalized spacial score (nSPS) is 11.8. The summed E-state index contributed by atoms with van der Waals surface area (Å²) in [6.45, 7) is 10.8. The molecule has 1 radical (unpaired) electrons. The van der Waals surface area contributed by atoms with E-state index in [4.69, 9.17) is 11.3 Å². The van der Waals surface area contributed by atoms with Crippen LogP contribution in [0.3, 0.4) is 0 Å². The third-order valence-electron chi connectivity index (χ3n) is 9.86. The van der Waals surface area contributed by atoms with Crippen molar-refractivity contribution in [1.29, 1.82) is 0 Å². The second-order valence-electron chi connectivity index (χ2n) is 14.9. The molecule has 9 rings (SSSR count). The summed E-state index contributed by atoms with van der Waals surface area (Å²) in [4.78, 5) is 9.48. The van der Waals surface area contributed by atoms with Crippen LogP contribution in [0.15, 0.2) is 158 Å². The van der Waals surface area contributed by atoms with E-state index in [1.54, 1.807) is 0 Å². The number of benzene rings is 6. The predicted molar refractivity (Wildman–Crippen MR) is 235 cm³/mol. The summed E-state index contributed by atoms with van der Waals surface area (Å²) in [5, 5.41) is 6.19. The summed E-state index contributed by atoms with van der Waals surface area (Å²) < 4.78 is 11.2. The first-order chi connectivity index (χ1) is 26.5. The van der Waals surface area contributed by atoms with Gasteiger partial charge in [0, 0.05) is 38.6 Å². The van der Waals surface area contributed by atoms with Gasteiger partial charge < -0.3 is 9.97 Å². The van der Waals surface area contributed by atoms with Gasteiger partial charge in [0.1, 0.15) is 0 Å². The topological polar surface area (TPSA) is 25.8 Å². The van der Waals surface area contributed by atoms with E-state index in [0.717, 1.165) is 39.0 Å². The maximum Gasteiger partial charge on any atom is 0.0799 e. The zero-order valence-electron chi connectivity index (χ0n) is 32.6. The van der Waals surface area contributed by atoms with Gasteiger partial charge in [0.25, 0.3) is 0 Å². The Labute approximate surface area is 344 Å². The van der Waals surface area contributed by atoms with Gasteiger partial charge in [0.15, 0.2) is 0 Å². The largest absolute Gasteiger partial charge is 0.305 e. The van der Waals surface area contributed by atoms with E-state index in [1.807, 2.05) is 74.0 Å². The summed E-state index contributed by atoms with van der Waals surface area (Å²) in [5.41, 5.74) is 9.83. The first-order valence-electron chi connectivity index (χ1n) is 18.9.